The Labute approximate surface area is 147 Å². The number of aromatic nitrogens is 1. The van der Waals surface area contributed by atoms with E-state index in [-0.39, 0.29) is 24.7 Å². The van der Waals surface area contributed by atoms with E-state index >= 15 is 0 Å². The van der Waals surface area contributed by atoms with Crippen molar-refractivity contribution in [2.75, 3.05) is 26.3 Å². The number of amides is 1. The molecular formula is C18H26N2O5. The van der Waals surface area contributed by atoms with Gasteiger partial charge in [0.05, 0.1) is 25.3 Å². The maximum atomic E-state index is 12.4. The molecule has 1 aromatic rings. The number of pyridine rings is 1. The highest BCUT2D eigenvalue weighted by Gasteiger charge is 2.36. The third-order valence-corrected chi connectivity index (χ3v) is 4.08. The topological polar surface area (TPSA) is 89.0 Å². The van der Waals surface area contributed by atoms with Gasteiger partial charge in [-0.25, -0.2) is 4.98 Å². The van der Waals surface area contributed by atoms with Crippen LogP contribution in [0.4, 0.5) is 0 Å². The Kier molecular flexibility index (Phi) is 7.03. The second-order valence-corrected chi connectivity index (χ2v) is 6.17. The standard InChI is InChI=1S/C18H26N2O5/c1-3-5-7-24-15-9-14(19-10-16(15)25-8-6-4-2)17(21)20-11-13(12-20)18(22)23/h9-10,13H,3-8,11-12H2,1-2H3,(H,22,23). The van der Waals surface area contributed by atoms with E-state index in [0.717, 1.165) is 25.7 Å². The highest BCUT2D eigenvalue weighted by atomic mass is 16.5. The van der Waals surface area contributed by atoms with Gasteiger partial charge in [0, 0.05) is 19.2 Å². The van der Waals surface area contributed by atoms with Crippen LogP contribution in [-0.2, 0) is 4.79 Å². The summed E-state index contributed by atoms with van der Waals surface area (Å²) in [5, 5.41) is 8.92. The van der Waals surface area contributed by atoms with Crippen molar-refractivity contribution in [1.82, 2.24) is 9.88 Å². The number of nitrogens with zero attached hydrogens (tertiary/aromatic N) is 2. The van der Waals surface area contributed by atoms with E-state index in [4.69, 9.17) is 14.6 Å². The number of ether oxygens (including phenoxy) is 2. The molecule has 2 heterocycles. The minimum absolute atomic E-state index is 0.219. The van der Waals surface area contributed by atoms with Gasteiger partial charge in [0.1, 0.15) is 5.69 Å². The zero-order chi connectivity index (χ0) is 18.2. The van der Waals surface area contributed by atoms with Gasteiger partial charge in [-0.15, -0.1) is 0 Å². The molecule has 0 bridgehead atoms. The second kappa shape index (κ2) is 9.25. The Morgan fingerprint density at radius 3 is 2.32 bits per heavy atom. The zero-order valence-electron chi connectivity index (χ0n) is 14.9. The molecule has 1 aliphatic rings. The average molecular weight is 350 g/mol. The molecule has 7 heteroatoms. The van der Waals surface area contributed by atoms with Crippen LogP contribution in [0, 0.1) is 5.92 Å². The van der Waals surface area contributed by atoms with E-state index < -0.39 is 11.9 Å². The van der Waals surface area contributed by atoms with Crippen LogP contribution in [0.5, 0.6) is 11.5 Å². The van der Waals surface area contributed by atoms with Crippen molar-refractivity contribution in [2.24, 2.45) is 5.92 Å². The zero-order valence-corrected chi connectivity index (χ0v) is 14.9. The molecular weight excluding hydrogens is 324 g/mol. The smallest absolute Gasteiger partial charge is 0.310 e. The number of carboxylic acids is 1. The summed E-state index contributed by atoms with van der Waals surface area (Å²) < 4.78 is 11.5. The molecule has 0 atom stereocenters. The minimum atomic E-state index is -0.875. The lowest BCUT2D eigenvalue weighted by Crippen LogP contribution is -2.53. The SMILES string of the molecule is CCCCOc1cnc(C(=O)N2CC(C(=O)O)C2)cc1OCCCC. The first-order valence-electron chi connectivity index (χ1n) is 8.84. The van der Waals surface area contributed by atoms with E-state index in [0.29, 0.717) is 24.7 Å². The van der Waals surface area contributed by atoms with Gasteiger partial charge in [-0.2, -0.15) is 0 Å². The normalized spacial score (nSPS) is 14.1. The summed E-state index contributed by atoms with van der Waals surface area (Å²) in [4.78, 5) is 28.9. The lowest BCUT2D eigenvalue weighted by molar-refractivity contribution is -0.146. The molecule has 1 fully saturated rings. The molecule has 0 unspecified atom stereocenters. The fourth-order valence-electron chi connectivity index (χ4n) is 2.38. The van der Waals surface area contributed by atoms with Gasteiger partial charge in [-0.3, -0.25) is 9.59 Å². The minimum Gasteiger partial charge on any atom is -0.490 e. The van der Waals surface area contributed by atoms with Gasteiger partial charge in [0.15, 0.2) is 11.5 Å². The van der Waals surface area contributed by atoms with Crippen molar-refractivity contribution < 1.29 is 24.2 Å². The number of carboxylic acid groups (broad SMARTS) is 1. The molecule has 25 heavy (non-hydrogen) atoms. The van der Waals surface area contributed by atoms with E-state index in [2.05, 4.69) is 18.8 Å². The van der Waals surface area contributed by atoms with Crippen molar-refractivity contribution >= 4 is 11.9 Å². The number of hydrogen-bond acceptors (Lipinski definition) is 5. The molecule has 138 valence electrons. The average Bonchev–Trinajstić information content (AvgIpc) is 2.54. The molecule has 2 rings (SSSR count). The van der Waals surface area contributed by atoms with Crippen LogP contribution < -0.4 is 9.47 Å². The molecule has 1 N–H and O–H groups in total. The van der Waals surface area contributed by atoms with Gasteiger partial charge >= 0.3 is 5.97 Å². The first kappa shape index (κ1) is 19.0. The Morgan fingerprint density at radius 1 is 1.16 bits per heavy atom. The maximum Gasteiger partial charge on any atom is 0.310 e. The summed E-state index contributed by atoms with van der Waals surface area (Å²) in [7, 11) is 0. The summed E-state index contributed by atoms with van der Waals surface area (Å²) in [6.07, 6.45) is 5.38. The molecule has 1 aromatic heterocycles. The summed E-state index contributed by atoms with van der Waals surface area (Å²) in [6.45, 7) is 5.71. The fourth-order valence-corrected chi connectivity index (χ4v) is 2.38. The van der Waals surface area contributed by atoms with E-state index in [1.54, 1.807) is 6.07 Å². The molecule has 1 aliphatic heterocycles. The predicted molar refractivity (Wildman–Crippen MR) is 92.1 cm³/mol. The van der Waals surface area contributed by atoms with Crippen LogP contribution in [0.3, 0.4) is 0 Å². The first-order chi connectivity index (χ1) is 12.1. The molecule has 0 saturated carbocycles. The van der Waals surface area contributed by atoms with E-state index in [9.17, 15) is 9.59 Å². The molecule has 0 aromatic carbocycles. The highest BCUT2D eigenvalue weighted by Crippen LogP contribution is 2.29. The lowest BCUT2D eigenvalue weighted by atomic mass is 10.00. The Bertz CT molecular complexity index is 599. The lowest BCUT2D eigenvalue weighted by Gasteiger charge is -2.36. The van der Waals surface area contributed by atoms with Crippen molar-refractivity contribution in [3.05, 3.63) is 18.0 Å². The molecule has 0 radical (unpaired) electrons. The van der Waals surface area contributed by atoms with Crippen LogP contribution in [0.25, 0.3) is 0 Å². The summed E-state index contributed by atoms with van der Waals surface area (Å²) in [6, 6.07) is 1.59. The third-order valence-electron chi connectivity index (χ3n) is 4.08. The number of aliphatic carboxylic acids is 1. The summed E-state index contributed by atoms with van der Waals surface area (Å²) >= 11 is 0. The summed E-state index contributed by atoms with van der Waals surface area (Å²) in [5.74, 6) is -0.592. The Morgan fingerprint density at radius 2 is 1.76 bits per heavy atom. The molecule has 0 aliphatic carbocycles. The number of rotatable bonds is 10. The van der Waals surface area contributed by atoms with Gasteiger partial charge in [-0.05, 0) is 12.8 Å². The van der Waals surface area contributed by atoms with Crippen LogP contribution in [0.2, 0.25) is 0 Å². The van der Waals surface area contributed by atoms with Crippen LogP contribution in [0.15, 0.2) is 12.3 Å². The van der Waals surface area contributed by atoms with Gasteiger partial charge in [0.2, 0.25) is 0 Å². The van der Waals surface area contributed by atoms with Crippen LogP contribution >= 0.6 is 0 Å². The molecule has 0 spiro atoms. The Balaban J connectivity index is 2.06. The van der Waals surface area contributed by atoms with Gasteiger partial charge in [0.25, 0.3) is 5.91 Å². The molecule has 1 amide bonds. The predicted octanol–water partition coefficient (Wildman–Crippen LogP) is 2.60. The van der Waals surface area contributed by atoms with Crippen molar-refractivity contribution in [3.63, 3.8) is 0 Å². The van der Waals surface area contributed by atoms with Gasteiger partial charge < -0.3 is 19.5 Å². The first-order valence-corrected chi connectivity index (χ1v) is 8.84. The van der Waals surface area contributed by atoms with E-state index in [1.807, 2.05) is 0 Å². The summed E-state index contributed by atoms with van der Waals surface area (Å²) in [5.41, 5.74) is 0.248. The molecule has 1 saturated heterocycles. The van der Waals surface area contributed by atoms with Crippen molar-refractivity contribution in [2.45, 2.75) is 39.5 Å². The largest absolute Gasteiger partial charge is 0.490 e. The number of carbonyl (C=O) groups is 2. The monoisotopic (exact) mass is 350 g/mol. The van der Waals surface area contributed by atoms with Crippen molar-refractivity contribution in [1.29, 1.82) is 0 Å². The quantitative estimate of drug-likeness (QED) is 0.653. The van der Waals surface area contributed by atoms with Crippen LogP contribution in [-0.4, -0.2) is 53.2 Å². The van der Waals surface area contributed by atoms with Crippen LogP contribution in [0.1, 0.15) is 50.0 Å². The third kappa shape index (κ3) is 5.08. The maximum absolute atomic E-state index is 12.4. The number of hydrogen-bond donors (Lipinski definition) is 1. The number of likely N-dealkylation sites (tertiary alicyclic amines) is 1. The Hall–Kier alpha value is -2.31. The molecule has 7 nitrogen and oxygen atoms in total. The van der Waals surface area contributed by atoms with E-state index in [1.165, 1.54) is 11.1 Å². The highest BCUT2D eigenvalue weighted by molar-refractivity contribution is 5.94. The second-order valence-electron chi connectivity index (χ2n) is 6.17. The number of unbranched alkanes of at least 4 members (excludes halogenated alkanes) is 2. The number of carbonyl (C=O) groups excluding carboxylic acids is 1. The fraction of sp³-hybridized carbons (Fsp3) is 0.611. The van der Waals surface area contributed by atoms with Crippen molar-refractivity contribution in [3.8, 4) is 11.5 Å². The van der Waals surface area contributed by atoms with Gasteiger partial charge in [-0.1, -0.05) is 26.7 Å².